The molecule has 0 bridgehead atoms. The van der Waals surface area contributed by atoms with Gasteiger partial charge in [-0.1, -0.05) is 24.9 Å². The molecule has 1 N–H and O–H groups in total. The molecular formula is C11H13ClF3NO2S. The maximum Gasteiger partial charge on any atom is 0.416 e. The standard InChI is InChI=1S/C11H13ClF3NO2S/c1-2-3-6-16-19(17,18)10-7-8(11(13,14)15)4-5-9(10)12/h4-5,7,16H,2-3,6H2,1H3. The van der Waals surface area contributed by atoms with Crippen LogP contribution in [0.15, 0.2) is 23.1 Å². The predicted octanol–water partition coefficient (Wildman–Crippen LogP) is 3.44. The van der Waals surface area contributed by atoms with E-state index in [1.807, 2.05) is 6.92 Å². The minimum atomic E-state index is -4.61. The molecule has 108 valence electrons. The summed E-state index contributed by atoms with van der Waals surface area (Å²) < 4.78 is 63.5. The minimum Gasteiger partial charge on any atom is -0.211 e. The van der Waals surface area contributed by atoms with Crippen molar-refractivity contribution >= 4 is 21.6 Å². The lowest BCUT2D eigenvalue weighted by Crippen LogP contribution is -2.25. The van der Waals surface area contributed by atoms with E-state index in [0.717, 1.165) is 18.6 Å². The normalized spacial score (nSPS) is 12.7. The molecule has 0 aromatic heterocycles. The number of hydrogen-bond donors (Lipinski definition) is 1. The highest BCUT2D eigenvalue weighted by Crippen LogP contribution is 2.33. The Morgan fingerprint density at radius 3 is 2.47 bits per heavy atom. The van der Waals surface area contributed by atoms with Gasteiger partial charge in [-0.15, -0.1) is 0 Å². The summed E-state index contributed by atoms with van der Waals surface area (Å²) in [5.41, 5.74) is -1.05. The lowest BCUT2D eigenvalue weighted by atomic mass is 10.2. The van der Waals surface area contributed by atoms with Crippen molar-refractivity contribution in [1.82, 2.24) is 4.72 Å². The number of hydrogen-bond acceptors (Lipinski definition) is 2. The van der Waals surface area contributed by atoms with Gasteiger partial charge >= 0.3 is 6.18 Å². The molecule has 19 heavy (non-hydrogen) atoms. The smallest absolute Gasteiger partial charge is 0.211 e. The van der Waals surface area contributed by atoms with Gasteiger partial charge in [0.2, 0.25) is 10.0 Å². The van der Waals surface area contributed by atoms with Crippen LogP contribution in [0.5, 0.6) is 0 Å². The number of unbranched alkanes of at least 4 members (excludes halogenated alkanes) is 1. The van der Waals surface area contributed by atoms with Gasteiger partial charge in [-0.05, 0) is 24.6 Å². The van der Waals surface area contributed by atoms with E-state index in [-0.39, 0.29) is 11.6 Å². The average Bonchev–Trinajstić information content (AvgIpc) is 2.27. The molecule has 1 rings (SSSR count). The van der Waals surface area contributed by atoms with E-state index in [4.69, 9.17) is 11.6 Å². The molecule has 1 aromatic rings. The Kier molecular flexibility index (Phi) is 5.23. The van der Waals surface area contributed by atoms with Crippen molar-refractivity contribution in [3.05, 3.63) is 28.8 Å². The van der Waals surface area contributed by atoms with Crippen LogP contribution in [0.1, 0.15) is 25.3 Å². The van der Waals surface area contributed by atoms with Crippen LogP contribution in [0.2, 0.25) is 5.02 Å². The molecule has 0 spiro atoms. The van der Waals surface area contributed by atoms with E-state index in [2.05, 4.69) is 4.72 Å². The summed E-state index contributed by atoms with van der Waals surface area (Å²) in [5.74, 6) is 0. The fourth-order valence-electron chi connectivity index (χ4n) is 1.35. The second kappa shape index (κ2) is 6.11. The van der Waals surface area contributed by atoms with Crippen LogP contribution >= 0.6 is 11.6 Å². The summed E-state index contributed by atoms with van der Waals surface area (Å²) in [4.78, 5) is -0.555. The quantitative estimate of drug-likeness (QED) is 0.846. The lowest BCUT2D eigenvalue weighted by Gasteiger charge is -2.11. The number of nitrogens with one attached hydrogen (secondary N) is 1. The van der Waals surface area contributed by atoms with Crippen LogP contribution in [-0.4, -0.2) is 15.0 Å². The third-order valence-corrected chi connectivity index (χ3v) is 4.31. The SMILES string of the molecule is CCCCNS(=O)(=O)c1cc(C(F)(F)F)ccc1Cl. The van der Waals surface area contributed by atoms with Gasteiger partial charge in [-0.25, -0.2) is 13.1 Å². The van der Waals surface area contributed by atoms with E-state index in [1.165, 1.54) is 0 Å². The Hall–Kier alpha value is -0.790. The van der Waals surface area contributed by atoms with Crippen molar-refractivity contribution in [3.63, 3.8) is 0 Å². The summed E-state index contributed by atoms with van der Waals surface area (Å²) >= 11 is 5.66. The molecule has 0 aliphatic heterocycles. The first-order valence-electron chi connectivity index (χ1n) is 5.55. The Bertz CT molecular complexity index is 543. The maximum absolute atomic E-state index is 12.5. The van der Waals surface area contributed by atoms with Crippen LogP contribution in [0.3, 0.4) is 0 Å². The van der Waals surface area contributed by atoms with Crippen LogP contribution in [0.25, 0.3) is 0 Å². The van der Waals surface area contributed by atoms with E-state index < -0.39 is 26.7 Å². The number of halogens is 4. The van der Waals surface area contributed by atoms with Crippen molar-refractivity contribution in [1.29, 1.82) is 0 Å². The fourth-order valence-corrected chi connectivity index (χ4v) is 2.94. The molecule has 0 aliphatic carbocycles. The highest BCUT2D eigenvalue weighted by molar-refractivity contribution is 7.89. The molecule has 0 heterocycles. The van der Waals surface area contributed by atoms with Crippen LogP contribution in [0, 0.1) is 0 Å². The molecule has 1 aromatic carbocycles. The van der Waals surface area contributed by atoms with Crippen LogP contribution in [0.4, 0.5) is 13.2 Å². The number of rotatable bonds is 5. The minimum absolute atomic E-state index is 0.158. The van der Waals surface area contributed by atoms with Crippen molar-refractivity contribution in [3.8, 4) is 0 Å². The number of sulfonamides is 1. The molecule has 0 atom stereocenters. The first kappa shape index (κ1) is 16.3. The maximum atomic E-state index is 12.5. The van der Waals surface area contributed by atoms with E-state index >= 15 is 0 Å². The summed E-state index contributed by atoms with van der Waals surface area (Å²) in [6, 6.07) is 2.21. The van der Waals surface area contributed by atoms with Crippen molar-refractivity contribution in [2.24, 2.45) is 0 Å². The van der Waals surface area contributed by atoms with Gasteiger partial charge in [-0.3, -0.25) is 0 Å². The molecular weight excluding hydrogens is 303 g/mol. The molecule has 0 fully saturated rings. The molecule has 0 amide bonds. The molecule has 0 saturated carbocycles. The zero-order valence-corrected chi connectivity index (χ0v) is 11.7. The van der Waals surface area contributed by atoms with Gasteiger partial charge in [0.05, 0.1) is 10.6 Å². The van der Waals surface area contributed by atoms with Crippen molar-refractivity contribution < 1.29 is 21.6 Å². The predicted molar refractivity (Wildman–Crippen MR) is 66.6 cm³/mol. The first-order valence-corrected chi connectivity index (χ1v) is 7.41. The second-order valence-corrected chi connectivity index (χ2v) is 6.04. The van der Waals surface area contributed by atoms with Crippen molar-refractivity contribution in [2.45, 2.75) is 30.8 Å². The summed E-state index contributed by atoms with van der Waals surface area (Å²) in [6.45, 7) is 2.02. The lowest BCUT2D eigenvalue weighted by molar-refractivity contribution is -0.137. The highest BCUT2D eigenvalue weighted by Gasteiger charge is 2.32. The largest absolute Gasteiger partial charge is 0.416 e. The number of alkyl halides is 3. The summed E-state index contributed by atoms with van der Waals surface area (Å²) in [7, 11) is -4.03. The van der Waals surface area contributed by atoms with Crippen LogP contribution in [-0.2, 0) is 16.2 Å². The zero-order chi connectivity index (χ0) is 14.7. The Labute approximate surface area is 114 Å². The summed E-state index contributed by atoms with van der Waals surface area (Å²) in [5, 5.41) is -0.239. The molecule has 0 unspecified atom stereocenters. The van der Waals surface area contributed by atoms with E-state index in [1.54, 1.807) is 0 Å². The topological polar surface area (TPSA) is 46.2 Å². The molecule has 0 saturated heterocycles. The van der Waals surface area contributed by atoms with Gasteiger partial charge in [0.15, 0.2) is 0 Å². The molecule has 8 heteroatoms. The molecule has 0 aliphatic rings. The van der Waals surface area contributed by atoms with Gasteiger partial charge in [0.1, 0.15) is 4.90 Å². The Balaban J connectivity index is 3.12. The second-order valence-electron chi connectivity index (χ2n) is 3.89. The monoisotopic (exact) mass is 315 g/mol. The van der Waals surface area contributed by atoms with E-state index in [0.29, 0.717) is 12.5 Å². The van der Waals surface area contributed by atoms with Gasteiger partial charge in [0, 0.05) is 6.54 Å². The third kappa shape index (κ3) is 4.36. The fraction of sp³-hybridized carbons (Fsp3) is 0.455. The van der Waals surface area contributed by atoms with Gasteiger partial charge < -0.3 is 0 Å². The van der Waals surface area contributed by atoms with Crippen molar-refractivity contribution in [2.75, 3.05) is 6.54 Å². The third-order valence-electron chi connectivity index (χ3n) is 2.37. The Morgan fingerprint density at radius 2 is 1.95 bits per heavy atom. The molecule has 3 nitrogen and oxygen atoms in total. The first-order chi connectivity index (χ1) is 8.68. The Morgan fingerprint density at radius 1 is 1.32 bits per heavy atom. The zero-order valence-electron chi connectivity index (χ0n) is 10.1. The highest BCUT2D eigenvalue weighted by atomic mass is 35.5. The van der Waals surface area contributed by atoms with Gasteiger partial charge in [-0.2, -0.15) is 13.2 Å². The van der Waals surface area contributed by atoms with E-state index in [9.17, 15) is 21.6 Å². The summed E-state index contributed by atoms with van der Waals surface area (Å²) in [6.07, 6.45) is -3.26. The molecule has 0 radical (unpaired) electrons. The van der Waals surface area contributed by atoms with Gasteiger partial charge in [0.25, 0.3) is 0 Å². The van der Waals surface area contributed by atoms with Crippen LogP contribution < -0.4 is 4.72 Å². The average molecular weight is 316 g/mol. The number of benzene rings is 1.